The number of nitrogens with zero attached hydrogens (tertiary/aromatic N) is 4. The van der Waals surface area contributed by atoms with Crippen molar-refractivity contribution >= 4 is 24.3 Å². The van der Waals surface area contributed by atoms with Gasteiger partial charge in [0.25, 0.3) is 5.56 Å². The van der Waals surface area contributed by atoms with Crippen molar-refractivity contribution in [2.24, 2.45) is 7.05 Å². The van der Waals surface area contributed by atoms with E-state index < -0.39 is 8.07 Å². The van der Waals surface area contributed by atoms with Gasteiger partial charge in [-0.3, -0.25) is 4.79 Å². The molecule has 0 radical (unpaired) electrons. The number of aryl methyl sites for hydroxylation is 1. The van der Waals surface area contributed by atoms with Crippen LogP contribution < -0.4 is 10.9 Å². The zero-order chi connectivity index (χ0) is 15.2. The third-order valence-electron chi connectivity index (χ3n) is 3.62. The van der Waals surface area contributed by atoms with Crippen LogP contribution in [0.4, 0.5) is 0 Å². The van der Waals surface area contributed by atoms with Crippen LogP contribution in [0.15, 0.2) is 41.3 Å². The molecule has 0 N–H and O–H groups in total. The zero-order valence-corrected chi connectivity index (χ0v) is 13.7. The van der Waals surface area contributed by atoms with E-state index in [2.05, 4.69) is 30.0 Å². The molecular formula is C15H18N4OSi. The van der Waals surface area contributed by atoms with E-state index in [0.29, 0.717) is 5.69 Å². The monoisotopic (exact) mass is 298 g/mol. The number of pyridine rings is 1. The summed E-state index contributed by atoms with van der Waals surface area (Å²) in [5, 5.41) is 10.4. The summed E-state index contributed by atoms with van der Waals surface area (Å²) < 4.78 is 3.25. The number of para-hydroxylation sites is 1. The quantitative estimate of drug-likeness (QED) is 0.676. The summed E-state index contributed by atoms with van der Waals surface area (Å²) in [6, 6.07) is 9.70. The average molecular weight is 298 g/mol. The van der Waals surface area contributed by atoms with Crippen LogP contribution in [-0.4, -0.2) is 27.6 Å². The Bertz CT molecular complexity index is 873. The lowest BCUT2D eigenvalue weighted by Crippen LogP contribution is -2.38. The number of benzene rings is 1. The molecule has 0 amide bonds. The number of hydrogen-bond donors (Lipinski definition) is 0. The Hall–Kier alpha value is -2.21. The minimum Gasteiger partial charge on any atom is -0.309 e. The van der Waals surface area contributed by atoms with Gasteiger partial charge in [0.2, 0.25) is 0 Å². The number of hydrogen-bond acceptors (Lipinski definition) is 3. The third kappa shape index (κ3) is 2.31. The standard InChI is InChI=1S/C15H18N4OSi/c1-18-12-8-6-5-7-11(12)9-13(15(18)20)19-10-14(16-17-19)21(2,3)4/h5-10H,1-4H3. The highest BCUT2D eigenvalue weighted by molar-refractivity contribution is 6.88. The van der Waals surface area contributed by atoms with Crippen molar-refractivity contribution in [2.45, 2.75) is 19.6 Å². The molecule has 0 aliphatic heterocycles. The molecule has 0 spiro atoms. The molecule has 0 unspecified atom stereocenters. The topological polar surface area (TPSA) is 52.7 Å². The van der Waals surface area contributed by atoms with Crippen LogP contribution in [0.1, 0.15) is 0 Å². The number of rotatable bonds is 2. The summed E-state index contributed by atoms with van der Waals surface area (Å²) in [5.74, 6) is 0. The first kappa shape index (κ1) is 13.8. The predicted octanol–water partition coefficient (Wildman–Crippen LogP) is 1.66. The molecule has 5 nitrogen and oxygen atoms in total. The van der Waals surface area contributed by atoms with Crippen LogP contribution in [-0.2, 0) is 7.05 Å². The van der Waals surface area contributed by atoms with E-state index in [9.17, 15) is 4.79 Å². The van der Waals surface area contributed by atoms with Gasteiger partial charge < -0.3 is 4.57 Å². The van der Waals surface area contributed by atoms with Crippen LogP contribution in [0.2, 0.25) is 19.6 Å². The minimum atomic E-state index is -1.53. The van der Waals surface area contributed by atoms with Crippen molar-refractivity contribution in [1.29, 1.82) is 0 Å². The fraction of sp³-hybridized carbons (Fsp3) is 0.267. The predicted molar refractivity (Wildman–Crippen MR) is 87.1 cm³/mol. The molecule has 0 saturated heterocycles. The molecular weight excluding hydrogens is 280 g/mol. The van der Waals surface area contributed by atoms with Crippen molar-refractivity contribution in [3.63, 3.8) is 0 Å². The second-order valence-electron chi connectivity index (χ2n) is 6.25. The second-order valence-corrected chi connectivity index (χ2v) is 11.3. The lowest BCUT2D eigenvalue weighted by Gasteiger charge is -2.10. The van der Waals surface area contributed by atoms with Crippen LogP contribution in [0, 0.1) is 0 Å². The highest BCUT2D eigenvalue weighted by Gasteiger charge is 2.21. The maximum atomic E-state index is 12.5. The van der Waals surface area contributed by atoms with Gasteiger partial charge in [-0.1, -0.05) is 43.1 Å². The van der Waals surface area contributed by atoms with E-state index in [1.807, 2.05) is 36.5 Å². The van der Waals surface area contributed by atoms with Gasteiger partial charge in [0.15, 0.2) is 0 Å². The lowest BCUT2D eigenvalue weighted by atomic mass is 10.2. The average Bonchev–Trinajstić information content (AvgIpc) is 2.92. The molecule has 3 rings (SSSR count). The second kappa shape index (κ2) is 4.66. The van der Waals surface area contributed by atoms with Gasteiger partial charge in [0.05, 0.1) is 10.8 Å². The Balaban J connectivity index is 2.23. The Labute approximate surface area is 123 Å². The third-order valence-corrected chi connectivity index (χ3v) is 5.39. The first-order valence-corrected chi connectivity index (χ1v) is 10.4. The summed E-state index contributed by atoms with van der Waals surface area (Å²) in [5.41, 5.74) is 1.38. The molecule has 0 fully saturated rings. The Morgan fingerprint density at radius 2 is 1.86 bits per heavy atom. The molecule has 1 aromatic carbocycles. The minimum absolute atomic E-state index is 0.0688. The van der Waals surface area contributed by atoms with Gasteiger partial charge in [0, 0.05) is 18.6 Å². The summed E-state index contributed by atoms with van der Waals surface area (Å²) >= 11 is 0. The van der Waals surface area contributed by atoms with Crippen molar-refractivity contribution < 1.29 is 0 Å². The maximum absolute atomic E-state index is 12.5. The Kier molecular flexibility index (Phi) is 3.05. The zero-order valence-electron chi connectivity index (χ0n) is 12.7. The first-order chi connectivity index (χ1) is 9.88. The summed E-state index contributed by atoms with van der Waals surface area (Å²) in [6.45, 7) is 6.62. The lowest BCUT2D eigenvalue weighted by molar-refractivity contribution is 0.776. The van der Waals surface area contributed by atoms with E-state index in [1.54, 1.807) is 16.3 Å². The molecule has 21 heavy (non-hydrogen) atoms. The number of fused-ring (bicyclic) bond motifs is 1. The first-order valence-electron chi connectivity index (χ1n) is 6.90. The van der Waals surface area contributed by atoms with Crippen molar-refractivity contribution in [1.82, 2.24) is 19.6 Å². The molecule has 2 heterocycles. The van der Waals surface area contributed by atoms with Crippen molar-refractivity contribution in [2.75, 3.05) is 0 Å². The molecule has 0 atom stereocenters. The fourth-order valence-corrected chi connectivity index (χ4v) is 3.15. The Morgan fingerprint density at radius 3 is 2.52 bits per heavy atom. The van der Waals surface area contributed by atoms with E-state index in [-0.39, 0.29) is 5.56 Å². The van der Waals surface area contributed by atoms with E-state index in [0.717, 1.165) is 16.2 Å². The van der Waals surface area contributed by atoms with Gasteiger partial charge in [-0.25, -0.2) is 4.68 Å². The van der Waals surface area contributed by atoms with Crippen LogP contribution in [0.25, 0.3) is 16.6 Å². The fourth-order valence-electron chi connectivity index (χ4n) is 2.29. The molecule has 0 bridgehead atoms. The van der Waals surface area contributed by atoms with E-state index in [4.69, 9.17) is 0 Å². The van der Waals surface area contributed by atoms with E-state index >= 15 is 0 Å². The van der Waals surface area contributed by atoms with Gasteiger partial charge in [-0.2, -0.15) is 0 Å². The van der Waals surface area contributed by atoms with Crippen LogP contribution in [0.3, 0.4) is 0 Å². The molecule has 0 saturated carbocycles. The maximum Gasteiger partial charge on any atom is 0.276 e. The molecule has 0 aliphatic carbocycles. The van der Waals surface area contributed by atoms with E-state index in [1.165, 1.54) is 0 Å². The molecule has 108 valence electrons. The van der Waals surface area contributed by atoms with Crippen molar-refractivity contribution in [3.05, 3.63) is 46.9 Å². The SMILES string of the molecule is Cn1c(=O)c(-n2cc([Si](C)(C)C)nn2)cc2ccccc21. The molecule has 6 heteroatoms. The molecule has 0 aliphatic rings. The van der Waals surface area contributed by atoms with Gasteiger partial charge in [-0.15, -0.1) is 5.10 Å². The smallest absolute Gasteiger partial charge is 0.276 e. The Morgan fingerprint density at radius 1 is 1.14 bits per heavy atom. The highest BCUT2D eigenvalue weighted by Crippen LogP contribution is 2.14. The molecule has 2 aromatic heterocycles. The summed E-state index contributed by atoms with van der Waals surface area (Å²) in [4.78, 5) is 12.5. The molecule has 3 aromatic rings. The van der Waals surface area contributed by atoms with Gasteiger partial charge in [0.1, 0.15) is 13.8 Å². The largest absolute Gasteiger partial charge is 0.309 e. The van der Waals surface area contributed by atoms with Crippen LogP contribution in [0.5, 0.6) is 0 Å². The number of aromatic nitrogens is 4. The van der Waals surface area contributed by atoms with Crippen molar-refractivity contribution in [3.8, 4) is 5.69 Å². The normalized spacial score (nSPS) is 12.0. The van der Waals surface area contributed by atoms with Gasteiger partial charge in [-0.05, 0) is 12.1 Å². The van der Waals surface area contributed by atoms with Gasteiger partial charge >= 0.3 is 0 Å². The van der Waals surface area contributed by atoms with Crippen LogP contribution >= 0.6 is 0 Å². The summed E-state index contributed by atoms with van der Waals surface area (Å²) in [6.07, 6.45) is 1.89. The highest BCUT2D eigenvalue weighted by atomic mass is 28.3. The summed E-state index contributed by atoms with van der Waals surface area (Å²) in [7, 11) is 0.249.